The number of urea groups is 1. The van der Waals surface area contributed by atoms with Crippen LogP contribution in [0.4, 0.5) is 20.7 Å². The van der Waals surface area contributed by atoms with E-state index in [9.17, 15) is 9.18 Å². The number of fused-ring (bicyclic) bond motifs is 1. The fourth-order valence-electron chi connectivity index (χ4n) is 3.98. The number of carbonyl (C=O) groups excluding carboxylic acids is 1. The van der Waals surface area contributed by atoms with Gasteiger partial charge >= 0.3 is 6.03 Å². The van der Waals surface area contributed by atoms with E-state index in [1.54, 1.807) is 23.1 Å². The second-order valence-electron chi connectivity index (χ2n) is 7.69. The van der Waals surface area contributed by atoms with Crippen molar-refractivity contribution in [1.82, 2.24) is 15.1 Å². The number of nitrogens with zero attached hydrogens (tertiary/aromatic N) is 4. The van der Waals surface area contributed by atoms with Crippen LogP contribution in [-0.2, 0) is 0 Å². The number of anilines is 2. The van der Waals surface area contributed by atoms with Gasteiger partial charge < -0.3 is 15.1 Å². The van der Waals surface area contributed by atoms with Gasteiger partial charge in [-0.15, -0.1) is 10.2 Å². The molecular weight excluding hydrogens is 405 g/mol. The van der Waals surface area contributed by atoms with Crippen molar-refractivity contribution in [2.24, 2.45) is 0 Å². The first-order valence-electron chi connectivity index (χ1n) is 10.6. The monoisotopic (exact) mass is 427 g/mol. The van der Waals surface area contributed by atoms with E-state index in [-0.39, 0.29) is 11.7 Å². The van der Waals surface area contributed by atoms with Crippen LogP contribution in [0.5, 0.6) is 0 Å². The molecule has 0 aliphatic carbocycles. The van der Waals surface area contributed by atoms with Crippen molar-refractivity contribution in [1.29, 1.82) is 0 Å². The molecule has 0 spiro atoms. The minimum absolute atomic E-state index is 0.190. The van der Waals surface area contributed by atoms with Crippen LogP contribution in [0.25, 0.3) is 22.0 Å². The molecule has 0 radical (unpaired) electrons. The molecule has 32 heavy (non-hydrogen) atoms. The Bertz CT molecular complexity index is 1250. The average Bonchev–Trinajstić information content (AvgIpc) is 2.85. The zero-order valence-corrected chi connectivity index (χ0v) is 17.4. The highest BCUT2D eigenvalue weighted by Crippen LogP contribution is 2.27. The zero-order valence-electron chi connectivity index (χ0n) is 17.4. The van der Waals surface area contributed by atoms with Gasteiger partial charge in [-0.3, -0.25) is 0 Å². The molecule has 2 amide bonds. The van der Waals surface area contributed by atoms with E-state index in [0.717, 1.165) is 22.5 Å². The summed E-state index contributed by atoms with van der Waals surface area (Å²) >= 11 is 0. The Morgan fingerprint density at radius 1 is 0.812 bits per heavy atom. The van der Waals surface area contributed by atoms with Crippen molar-refractivity contribution in [3.05, 3.63) is 84.7 Å². The number of halogens is 1. The van der Waals surface area contributed by atoms with Gasteiger partial charge in [0.15, 0.2) is 5.82 Å². The van der Waals surface area contributed by atoms with Crippen LogP contribution in [0.15, 0.2) is 78.9 Å². The molecule has 0 atom stereocenters. The number of para-hydroxylation sites is 1. The third kappa shape index (κ3) is 3.97. The van der Waals surface area contributed by atoms with Crippen LogP contribution in [0.1, 0.15) is 0 Å². The lowest BCUT2D eigenvalue weighted by Gasteiger charge is -2.35. The molecule has 0 unspecified atom stereocenters. The third-order valence-corrected chi connectivity index (χ3v) is 5.72. The van der Waals surface area contributed by atoms with Gasteiger partial charge in [-0.25, -0.2) is 9.18 Å². The summed E-state index contributed by atoms with van der Waals surface area (Å²) in [4.78, 5) is 16.3. The maximum atomic E-state index is 13.8. The Kier molecular flexibility index (Phi) is 5.37. The van der Waals surface area contributed by atoms with Crippen molar-refractivity contribution < 1.29 is 9.18 Å². The highest BCUT2D eigenvalue weighted by molar-refractivity contribution is 5.95. The minimum Gasteiger partial charge on any atom is -0.352 e. The number of carbonyl (C=O) groups is 1. The molecule has 1 fully saturated rings. The van der Waals surface area contributed by atoms with Crippen molar-refractivity contribution in [2.45, 2.75) is 0 Å². The van der Waals surface area contributed by atoms with Crippen LogP contribution < -0.4 is 10.2 Å². The number of aromatic nitrogens is 2. The maximum Gasteiger partial charge on any atom is 0.322 e. The summed E-state index contributed by atoms with van der Waals surface area (Å²) in [6.45, 7) is 2.31. The summed E-state index contributed by atoms with van der Waals surface area (Å²) in [6.07, 6.45) is 0. The highest BCUT2D eigenvalue weighted by atomic mass is 19.1. The first-order valence-corrected chi connectivity index (χ1v) is 10.6. The minimum atomic E-state index is -0.443. The number of benzene rings is 3. The van der Waals surface area contributed by atoms with E-state index in [1.165, 1.54) is 11.5 Å². The summed E-state index contributed by atoms with van der Waals surface area (Å²) in [5.41, 5.74) is 2.07. The van der Waals surface area contributed by atoms with Crippen molar-refractivity contribution in [3.8, 4) is 11.3 Å². The van der Waals surface area contributed by atoms with Gasteiger partial charge in [0.1, 0.15) is 5.82 Å². The van der Waals surface area contributed by atoms with Crippen molar-refractivity contribution in [3.63, 3.8) is 0 Å². The molecule has 0 bridgehead atoms. The molecule has 160 valence electrons. The summed E-state index contributed by atoms with van der Waals surface area (Å²) in [7, 11) is 0. The van der Waals surface area contributed by atoms with Gasteiger partial charge in [-0.05, 0) is 35.0 Å². The Balaban J connectivity index is 1.24. The number of piperazine rings is 1. The van der Waals surface area contributed by atoms with Crippen LogP contribution in [0.3, 0.4) is 0 Å². The van der Waals surface area contributed by atoms with E-state index in [0.29, 0.717) is 26.2 Å². The predicted molar refractivity (Wildman–Crippen MR) is 124 cm³/mol. The Morgan fingerprint density at radius 2 is 1.56 bits per heavy atom. The van der Waals surface area contributed by atoms with Gasteiger partial charge in [-0.2, -0.15) is 0 Å². The first kappa shape index (κ1) is 19.9. The van der Waals surface area contributed by atoms with Gasteiger partial charge in [-0.1, -0.05) is 54.6 Å². The van der Waals surface area contributed by atoms with Crippen LogP contribution >= 0.6 is 0 Å². The number of nitrogens with one attached hydrogen (secondary N) is 1. The van der Waals surface area contributed by atoms with E-state index in [4.69, 9.17) is 0 Å². The number of rotatable bonds is 3. The van der Waals surface area contributed by atoms with Crippen molar-refractivity contribution >= 4 is 28.3 Å². The fourth-order valence-corrected chi connectivity index (χ4v) is 3.98. The lowest BCUT2D eigenvalue weighted by Crippen LogP contribution is -2.50. The van der Waals surface area contributed by atoms with E-state index >= 15 is 0 Å². The normalized spacial score (nSPS) is 13.9. The molecule has 0 saturated carbocycles. The Morgan fingerprint density at radius 3 is 2.34 bits per heavy atom. The standard InChI is InChI=1S/C25H22FN5O/c26-21-10-3-4-11-23(21)27-25(32)31-16-14-30(15-17-31)24-13-12-22(28-29-24)20-9-5-7-18-6-1-2-8-19(18)20/h1-13H,14-17H2,(H,27,32). The molecule has 4 aromatic rings. The molecule has 5 rings (SSSR count). The Hall–Kier alpha value is -4.00. The lowest BCUT2D eigenvalue weighted by molar-refractivity contribution is 0.208. The molecule has 1 N–H and O–H groups in total. The topological polar surface area (TPSA) is 61.4 Å². The first-order chi connectivity index (χ1) is 15.7. The lowest BCUT2D eigenvalue weighted by atomic mass is 10.0. The number of amides is 2. The second-order valence-corrected chi connectivity index (χ2v) is 7.69. The summed E-state index contributed by atoms with van der Waals surface area (Å²) in [5, 5.41) is 13.9. The molecule has 1 saturated heterocycles. The second kappa shape index (κ2) is 8.63. The van der Waals surface area contributed by atoms with E-state index in [2.05, 4.69) is 44.7 Å². The van der Waals surface area contributed by atoms with Crippen LogP contribution in [0.2, 0.25) is 0 Å². The quantitative estimate of drug-likeness (QED) is 0.511. The number of hydrogen-bond donors (Lipinski definition) is 1. The molecular formula is C25H22FN5O. The van der Waals surface area contributed by atoms with Gasteiger partial charge in [0.2, 0.25) is 0 Å². The maximum absolute atomic E-state index is 13.8. The smallest absolute Gasteiger partial charge is 0.322 e. The van der Waals surface area contributed by atoms with Gasteiger partial charge in [0, 0.05) is 31.7 Å². The van der Waals surface area contributed by atoms with Crippen molar-refractivity contribution in [2.75, 3.05) is 36.4 Å². The van der Waals surface area contributed by atoms with Crippen LogP contribution in [-0.4, -0.2) is 47.3 Å². The molecule has 3 aromatic carbocycles. The van der Waals surface area contributed by atoms with Gasteiger partial charge in [0.25, 0.3) is 0 Å². The fraction of sp³-hybridized carbons (Fsp3) is 0.160. The van der Waals surface area contributed by atoms with E-state index < -0.39 is 5.82 Å². The van der Waals surface area contributed by atoms with E-state index in [1.807, 2.05) is 30.3 Å². The highest BCUT2D eigenvalue weighted by Gasteiger charge is 2.23. The number of hydrogen-bond acceptors (Lipinski definition) is 4. The summed E-state index contributed by atoms with van der Waals surface area (Å²) in [6, 6.07) is 24.2. The average molecular weight is 427 g/mol. The molecule has 1 aliphatic rings. The molecule has 1 aromatic heterocycles. The summed E-state index contributed by atoms with van der Waals surface area (Å²) < 4.78 is 13.8. The predicted octanol–water partition coefficient (Wildman–Crippen LogP) is 4.79. The zero-order chi connectivity index (χ0) is 21.9. The molecule has 6 nitrogen and oxygen atoms in total. The summed E-state index contributed by atoms with van der Waals surface area (Å²) in [5.74, 6) is 0.337. The SMILES string of the molecule is O=C(Nc1ccccc1F)N1CCN(c2ccc(-c3cccc4ccccc34)nn2)CC1. The molecule has 2 heterocycles. The largest absolute Gasteiger partial charge is 0.352 e. The van der Waals surface area contributed by atoms with Crippen LogP contribution in [0, 0.1) is 5.82 Å². The third-order valence-electron chi connectivity index (χ3n) is 5.72. The van der Waals surface area contributed by atoms with Gasteiger partial charge in [0.05, 0.1) is 11.4 Å². The molecule has 7 heteroatoms. The molecule has 1 aliphatic heterocycles. The Labute approximate surface area is 185 Å².